The lowest BCUT2D eigenvalue weighted by Crippen LogP contribution is -2.09. The third-order valence-electron chi connectivity index (χ3n) is 3.21. The van der Waals surface area contributed by atoms with Crippen LogP contribution >= 0.6 is 23.2 Å². The van der Waals surface area contributed by atoms with Gasteiger partial charge in [0.1, 0.15) is 5.75 Å². The van der Waals surface area contributed by atoms with Gasteiger partial charge in [-0.25, -0.2) is 0 Å². The van der Waals surface area contributed by atoms with Gasteiger partial charge in [-0.2, -0.15) is 0 Å². The van der Waals surface area contributed by atoms with Crippen LogP contribution in [0, 0.1) is 0 Å². The number of aryl methyl sites for hydroxylation is 1. The van der Waals surface area contributed by atoms with E-state index in [2.05, 4.69) is 0 Å². The van der Waals surface area contributed by atoms with E-state index in [0.717, 1.165) is 5.56 Å². The molecule has 0 atom stereocenters. The summed E-state index contributed by atoms with van der Waals surface area (Å²) in [6.07, 6.45) is 0.664. The minimum absolute atomic E-state index is 0.181. The maximum absolute atomic E-state index is 11.9. The van der Waals surface area contributed by atoms with Crippen molar-refractivity contribution < 1.29 is 19.0 Å². The van der Waals surface area contributed by atoms with Crippen LogP contribution in [0.25, 0.3) is 0 Å². The summed E-state index contributed by atoms with van der Waals surface area (Å²) < 4.78 is 15.7. The third kappa shape index (κ3) is 3.29. The Morgan fingerprint density at radius 3 is 2.82 bits per heavy atom. The summed E-state index contributed by atoms with van der Waals surface area (Å²) >= 11 is 12.0. The lowest BCUT2D eigenvalue weighted by molar-refractivity contribution is -0.134. The SMILES string of the molecule is O=C(CCc1cccc(Cl)c1Cl)Oc1ccc2c(c1)OCO2. The molecule has 4 nitrogen and oxygen atoms in total. The van der Waals surface area contributed by atoms with E-state index < -0.39 is 0 Å². The first kappa shape index (κ1) is 15.0. The topological polar surface area (TPSA) is 44.8 Å². The molecule has 6 heteroatoms. The van der Waals surface area contributed by atoms with Gasteiger partial charge in [-0.05, 0) is 30.2 Å². The molecule has 0 saturated carbocycles. The first-order chi connectivity index (χ1) is 10.6. The lowest BCUT2D eigenvalue weighted by atomic mass is 10.1. The Kier molecular flexibility index (Phi) is 4.41. The number of hydrogen-bond donors (Lipinski definition) is 0. The molecule has 0 aromatic heterocycles. The second kappa shape index (κ2) is 6.46. The number of halogens is 2. The van der Waals surface area contributed by atoms with Gasteiger partial charge < -0.3 is 14.2 Å². The molecule has 1 aliphatic rings. The summed E-state index contributed by atoms with van der Waals surface area (Å²) in [6.45, 7) is 0.181. The van der Waals surface area contributed by atoms with E-state index in [-0.39, 0.29) is 19.2 Å². The van der Waals surface area contributed by atoms with Crippen molar-refractivity contribution in [1.82, 2.24) is 0 Å². The Hall–Kier alpha value is -1.91. The van der Waals surface area contributed by atoms with Crippen molar-refractivity contribution in [2.75, 3.05) is 6.79 Å². The Bertz CT molecular complexity index is 715. The molecule has 0 radical (unpaired) electrons. The van der Waals surface area contributed by atoms with Gasteiger partial charge in [0.2, 0.25) is 6.79 Å². The van der Waals surface area contributed by atoms with Crippen molar-refractivity contribution in [3.05, 3.63) is 52.0 Å². The van der Waals surface area contributed by atoms with Crippen molar-refractivity contribution in [2.45, 2.75) is 12.8 Å². The number of benzene rings is 2. The summed E-state index contributed by atoms with van der Waals surface area (Å²) in [5.41, 5.74) is 0.816. The molecule has 0 unspecified atom stereocenters. The quantitative estimate of drug-likeness (QED) is 0.617. The third-order valence-corrected chi connectivity index (χ3v) is 4.06. The fraction of sp³-hybridized carbons (Fsp3) is 0.188. The highest BCUT2D eigenvalue weighted by Gasteiger charge is 2.15. The second-order valence-electron chi connectivity index (χ2n) is 4.70. The van der Waals surface area contributed by atoms with Crippen LogP contribution in [0.15, 0.2) is 36.4 Å². The molecule has 0 N–H and O–H groups in total. The normalized spacial score (nSPS) is 12.3. The van der Waals surface area contributed by atoms with E-state index in [1.807, 2.05) is 6.07 Å². The number of carbonyl (C=O) groups is 1. The monoisotopic (exact) mass is 338 g/mol. The minimum Gasteiger partial charge on any atom is -0.454 e. The van der Waals surface area contributed by atoms with E-state index in [4.69, 9.17) is 37.4 Å². The molecule has 1 aliphatic heterocycles. The van der Waals surface area contributed by atoms with E-state index >= 15 is 0 Å². The fourth-order valence-electron chi connectivity index (χ4n) is 2.10. The van der Waals surface area contributed by atoms with Crippen molar-refractivity contribution in [1.29, 1.82) is 0 Å². The summed E-state index contributed by atoms with van der Waals surface area (Å²) in [6, 6.07) is 10.3. The molecule has 0 fully saturated rings. The molecule has 114 valence electrons. The molecule has 0 amide bonds. The fourth-order valence-corrected chi connectivity index (χ4v) is 2.52. The second-order valence-corrected chi connectivity index (χ2v) is 5.49. The molecule has 2 aromatic carbocycles. The molecule has 2 aromatic rings. The highest BCUT2D eigenvalue weighted by molar-refractivity contribution is 6.42. The van der Waals surface area contributed by atoms with Crippen molar-refractivity contribution in [3.63, 3.8) is 0 Å². The number of ether oxygens (including phenoxy) is 3. The molecule has 1 heterocycles. The zero-order chi connectivity index (χ0) is 15.5. The van der Waals surface area contributed by atoms with Gasteiger partial charge in [0.05, 0.1) is 16.5 Å². The van der Waals surface area contributed by atoms with Gasteiger partial charge in [-0.15, -0.1) is 0 Å². The maximum atomic E-state index is 11.9. The Balaban J connectivity index is 1.60. The molecule has 22 heavy (non-hydrogen) atoms. The van der Waals surface area contributed by atoms with Crippen LogP contribution in [-0.4, -0.2) is 12.8 Å². The Morgan fingerprint density at radius 2 is 1.95 bits per heavy atom. The van der Waals surface area contributed by atoms with Crippen molar-refractivity contribution in [3.8, 4) is 17.2 Å². The van der Waals surface area contributed by atoms with E-state index in [0.29, 0.717) is 33.7 Å². The zero-order valence-corrected chi connectivity index (χ0v) is 13.0. The molecule has 3 rings (SSSR count). The van der Waals surface area contributed by atoms with Crippen molar-refractivity contribution >= 4 is 29.2 Å². The molecule has 0 saturated heterocycles. The van der Waals surface area contributed by atoms with E-state index in [9.17, 15) is 4.79 Å². The average molecular weight is 339 g/mol. The van der Waals surface area contributed by atoms with Gasteiger partial charge >= 0.3 is 5.97 Å². The van der Waals surface area contributed by atoms with Crippen LogP contribution in [-0.2, 0) is 11.2 Å². The summed E-state index contributed by atoms with van der Waals surface area (Å²) in [5, 5.41) is 0.948. The Morgan fingerprint density at radius 1 is 1.14 bits per heavy atom. The predicted molar refractivity (Wildman–Crippen MR) is 83.0 cm³/mol. The van der Waals surface area contributed by atoms with Crippen molar-refractivity contribution in [2.24, 2.45) is 0 Å². The van der Waals surface area contributed by atoms with Crippen LogP contribution < -0.4 is 14.2 Å². The molecule has 0 aliphatic carbocycles. The number of carbonyl (C=O) groups excluding carboxylic acids is 1. The predicted octanol–water partition coefficient (Wildman–Crippen LogP) is 4.26. The maximum Gasteiger partial charge on any atom is 0.311 e. The molecule has 0 spiro atoms. The van der Waals surface area contributed by atoms with Crippen LogP contribution in [0.4, 0.5) is 0 Å². The molecule has 0 bridgehead atoms. The largest absolute Gasteiger partial charge is 0.454 e. The van der Waals surface area contributed by atoms with Gasteiger partial charge in [-0.1, -0.05) is 35.3 Å². The zero-order valence-electron chi connectivity index (χ0n) is 11.5. The van der Waals surface area contributed by atoms with E-state index in [1.165, 1.54) is 0 Å². The number of hydrogen-bond acceptors (Lipinski definition) is 4. The van der Waals surface area contributed by atoms with Gasteiger partial charge in [0.15, 0.2) is 11.5 Å². The number of fused-ring (bicyclic) bond motifs is 1. The smallest absolute Gasteiger partial charge is 0.311 e. The van der Waals surface area contributed by atoms with Gasteiger partial charge in [0, 0.05) is 6.07 Å². The van der Waals surface area contributed by atoms with E-state index in [1.54, 1.807) is 30.3 Å². The lowest BCUT2D eigenvalue weighted by Gasteiger charge is -2.07. The average Bonchev–Trinajstić information content (AvgIpc) is 2.96. The summed E-state index contributed by atoms with van der Waals surface area (Å²) in [4.78, 5) is 11.9. The molecular formula is C16H12Cl2O4. The van der Waals surface area contributed by atoms with Crippen LogP contribution in [0.3, 0.4) is 0 Å². The standard InChI is InChI=1S/C16H12Cl2O4/c17-12-3-1-2-10(16(12)18)4-7-15(19)22-11-5-6-13-14(8-11)21-9-20-13/h1-3,5-6,8H,4,7,9H2. The summed E-state index contributed by atoms with van der Waals surface area (Å²) in [5.74, 6) is 1.29. The minimum atomic E-state index is -0.352. The van der Waals surface area contributed by atoms with Crippen LogP contribution in [0.5, 0.6) is 17.2 Å². The summed E-state index contributed by atoms with van der Waals surface area (Å²) in [7, 11) is 0. The van der Waals surface area contributed by atoms with Gasteiger partial charge in [-0.3, -0.25) is 4.79 Å². The molecular weight excluding hydrogens is 327 g/mol. The number of esters is 1. The first-order valence-corrected chi connectivity index (χ1v) is 7.42. The van der Waals surface area contributed by atoms with Crippen LogP contribution in [0.1, 0.15) is 12.0 Å². The Labute approximate surface area is 137 Å². The highest BCUT2D eigenvalue weighted by Crippen LogP contribution is 2.35. The first-order valence-electron chi connectivity index (χ1n) is 6.67. The van der Waals surface area contributed by atoms with Crippen LogP contribution in [0.2, 0.25) is 10.0 Å². The number of rotatable bonds is 4. The highest BCUT2D eigenvalue weighted by atomic mass is 35.5. The van der Waals surface area contributed by atoms with Gasteiger partial charge in [0.25, 0.3) is 0 Å².